The molecule has 2 aromatic rings. The van der Waals surface area contributed by atoms with Gasteiger partial charge in [0.25, 0.3) is 0 Å². The third-order valence-electron chi connectivity index (χ3n) is 6.64. The second-order valence-corrected chi connectivity index (χ2v) is 9.38. The van der Waals surface area contributed by atoms with Crippen LogP contribution in [0.3, 0.4) is 0 Å². The number of nitrogens with zero attached hydrogens (tertiary/aromatic N) is 4. The van der Waals surface area contributed by atoms with Crippen LogP contribution in [0.4, 0.5) is 11.9 Å². The van der Waals surface area contributed by atoms with Crippen LogP contribution in [0.25, 0.3) is 0 Å². The Labute approximate surface area is 191 Å². The predicted molar refractivity (Wildman–Crippen MR) is 121 cm³/mol. The topological polar surface area (TPSA) is 101 Å². The van der Waals surface area contributed by atoms with Crippen molar-refractivity contribution in [3.63, 3.8) is 0 Å². The lowest BCUT2D eigenvalue weighted by molar-refractivity contribution is 0.0931. The quantitative estimate of drug-likeness (QED) is 0.635. The highest BCUT2D eigenvalue weighted by Crippen LogP contribution is 2.36. The molecule has 1 saturated carbocycles. The number of aromatic nitrogens is 3. The number of fused-ring (bicyclic) bond motifs is 1. The van der Waals surface area contributed by atoms with E-state index in [-0.39, 0.29) is 17.9 Å². The first-order valence-corrected chi connectivity index (χ1v) is 11.6. The number of anilines is 2. The summed E-state index contributed by atoms with van der Waals surface area (Å²) >= 11 is 12.7. The molecule has 4 atom stereocenters. The van der Waals surface area contributed by atoms with Crippen LogP contribution in [-0.4, -0.2) is 53.3 Å². The summed E-state index contributed by atoms with van der Waals surface area (Å²) in [6.07, 6.45) is 3.91. The molecule has 0 radical (unpaired) electrons. The van der Waals surface area contributed by atoms with Crippen LogP contribution < -0.4 is 21.5 Å². The minimum atomic E-state index is 0.0378. The highest BCUT2D eigenvalue weighted by atomic mass is 35.5. The number of halogens is 2. The van der Waals surface area contributed by atoms with Crippen LogP contribution in [0, 0.1) is 5.92 Å². The van der Waals surface area contributed by atoms with E-state index in [1.54, 1.807) is 6.07 Å². The lowest BCUT2D eigenvalue weighted by Gasteiger charge is -2.36. The van der Waals surface area contributed by atoms with Crippen molar-refractivity contribution in [1.29, 1.82) is 0 Å². The Morgan fingerprint density at radius 1 is 1.19 bits per heavy atom. The summed E-state index contributed by atoms with van der Waals surface area (Å²) in [5, 5.41) is 1.14. The zero-order chi connectivity index (χ0) is 21.4. The zero-order valence-corrected chi connectivity index (χ0v) is 18.7. The van der Waals surface area contributed by atoms with Crippen molar-refractivity contribution in [2.45, 2.75) is 43.7 Å². The molecule has 5 rings (SSSR count). The monoisotopic (exact) mass is 463 g/mol. The SMILES string of the molecule is Nc1nc(C2CCC3CNNC3C2)nc(N2CCOCC2Cc2cccc(Cl)c2Cl)n1. The number of ether oxygens (including phenoxy) is 1. The first-order valence-electron chi connectivity index (χ1n) is 10.9. The Hall–Kier alpha value is -1.71. The molecule has 2 saturated heterocycles. The van der Waals surface area contributed by atoms with Gasteiger partial charge in [0.15, 0.2) is 0 Å². The molecule has 1 aromatic carbocycles. The number of morpholine rings is 1. The summed E-state index contributed by atoms with van der Waals surface area (Å²) in [7, 11) is 0. The largest absolute Gasteiger partial charge is 0.377 e. The number of nitrogens with one attached hydrogen (secondary N) is 2. The van der Waals surface area contributed by atoms with E-state index in [0.717, 1.165) is 37.2 Å². The van der Waals surface area contributed by atoms with Crippen molar-refractivity contribution in [2.24, 2.45) is 5.92 Å². The molecule has 3 heterocycles. The van der Waals surface area contributed by atoms with Gasteiger partial charge in [-0.05, 0) is 43.2 Å². The number of benzene rings is 1. The van der Waals surface area contributed by atoms with E-state index in [0.29, 0.717) is 54.1 Å². The van der Waals surface area contributed by atoms with E-state index in [1.165, 1.54) is 0 Å². The average Bonchev–Trinajstić information content (AvgIpc) is 3.25. The molecule has 1 aliphatic carbocycles. The lowest BCUT2D eigenvalue weighted by atomic mass is 9.79. The van der Waals surface area contributed by atoms with Crippen LogP contribution in [0.2, 0.25) is 10.0 Å². The maximum absolute atomic E-state index is 6.44. The molecule has 166 valence electrons. The minimum Gasteiger partial charge on any atom is -0.377 e. The third kappa shape index (κ3) is 4.45. The summed E-state index contributed by atoms with van der Waals surface area (Å²) in [5.74, 6) is 2.64. The third-order valence-corrected chi connectivity index (χ3v) is 7.50. The maximum atomic E-state index is 6.44. The van der Waals surface area contributed by atoms with Crippen LogP contribution in [-0.2, 0) is 11.2 Å². The van der Waals surface area contributed by atoms with E-state index in [9.17, 15) is 0 Å². The summed E-state index contributed by atoms with van der Waals surface area (Å²) < 4.78 is 5.76. The van der Waals surface area contributed by atoms with Gasteiger partial charge in [-0.2, -0.15) is 15.0 Å². The molecular weight excluding hydrogens is 437 g/mol. The standard InChI is InChI=1S/C21H27Cl2N7O/c22-16-3-1-2-12(18(16)23)8-15-11-31-7-6-30(15)21-27-19(26-20(24)28-21)13-4-5-14-10-25-29-17(14)9-13/h1-3,13-15,17,25,29H,4-11H2,(H2,24,26,27,28). The van der Waals surface area contributed by atoms with Crippen LogP contribution >= 0.6 is 23.2 Å². The van der Waals surface area contributed by atoms with Gasteiger partial charge in [0, 0.05) is 25.0 Å². The number of hydrogen-bond donors (Lipinski definition) is 3. The fourth-order valence-corrected chi connectivity index (χ4v) is 5.36. The summed E-state index contributed by atoms with van der Waals surface area (Å²) in [4.78, 5) is 16.1. The van der Waals surface area contributed by atoms with Crippen molar-refractivity contribution < 1.29 is 4.74 Å². The Kier molecular flexibility index (Phi) is 6.16. The van der Waals surface area contributed by atoms with Crippen LogP contribution in [0.15, 0.2) is 18.2 Å². The van der Waals surface area contributed by atoms with Gasteiger partial charge in [0.1, 0.15) is 5.82 Å². The summed E-state index contributed by atoms with van der Waals surface area (Å²) in [6.45, 7) is 2.89. The molecule has 1 aromatic heterocycles. The molecular formula is C21H27Cl2N7O. The second kappa shape index (κ2) is 9.03. The molecule has 31 heavy (non-hydrogen) atoms. The molecule has 2 aliphatic heterocycles. The van der Waals surface area contributed by atoms with Crippen LogP contribution in [0.5, 0.6) is 0 Å². The fourth-order valence-electron chi connectivity index (χ4n) is 4.97. The molecule has 10 heteroatoms. The van der Waals surface area contributed by atoms with E-state index >= 15 is 0 Å². The van der Waals surface area contributed by atoms with Crippen molar-refractivity contribution in [3.8, 4) is 0 Å². The number of nitrogens with two attached hydrogens (primary N) is 1. The normalized spacial score (nSPS) is 28.5. The smallest absolute Gasteiger partial charge is 0.230 e. The fraction of sp³-hybridized carbons (Fsp3) is 0.571. The molecule has 0 bridgehead atoms. The Morgan fingerprint density at radius 3 is 3.00 bits per heavy atom. The molecule has 0 amide bonds. The Balaban J connectivity index is 1.39. The number of hydrogen-bond acceptors (Lipinski definition) is 8. The number of hydrazine groups is 1. The Morgan fingerprint density at radius 2 is 2.10 bits per heavy atom. The number of rotatable bonds is 4. The van der Waals surface area contributed by atoms with Gasteiger partial charge in [0.2, 0.25) is 11.9 Å². The van der Waals surface area contributed by atoms with Gasteiger partial charge in [-0.25, -0.2) is 0 Å². The van der Waals surface area contributed by atoms with Gasteiger partial charge >= 0.3 is 0 Å². The highest BCUT2D eigenvalue weighted by molar-refractivity contribution is 6.42. The molecule has 4 unspecified atom stereocenters. The van der Waals surface area contributed by atoms with Crippen molar-refractivity contribution in [2.75, 3.05) is 36.9 Å². The summed E-state index contributed by atoms with van der Waals surface area (Å²) in [6, 6.07) is 6.20. The Bertz CT molecular complexity index is 946. The number of nitrogen functional groups attached to an aromatic ring is 1. The van der Waals surface area contributed by atoms with Crippen molar-refractivity contribution in [3.05, 3.63) is 39.6 Å². The van der Waals surface area contributed by atoms with Gasteiger partial charge in [-0.3, -0.25) is 10.9 Å². The first kappa shape index (κ1) is 21.2. The molecule has 3 fully saturated rings. The molecule has 4 N–H and O–H groups in total. The van der Waals surface area contributed by atoms with E-state index < -0.39 is 0 Å². The predicted octanol–water partition coefficient (Wildman–Crippen LogP) is 2.57. The highest BCUT2D eigenvalue weighted by Gasteiger charge is 2.36. The minimum absolute atomic E-state index is 0.0378. The van der Waals surface area contributed by atoms with Crippen molar-refractivity contribution in [1.82, 2.24) is 25.8 Å². The van der Waals surface area contributed by atoms with E-state index in [2.05, 4.69) is 25.7 Å². The van der Waals surface area contributed by atoms with Gasteiger partial charge < -0.3 is 15.4 Å². The van der Waals surface area contributed by atoms with Gasteiger partial charge in [-0.1, -0.05) is 35.3 Å². The van der Waals surface area contributed by atoms with Crippen LogP contribution in [0.1, 0.15) is 36.6 Å². The zero-order valence-electron chi connectivity index (χ0n) is 17.2. The van der Waals surface area contributed by atoms with E-state index in [4.69, 9.17) is 38.7 Å². The molecule has 8 nitrogen and oxygen atoms in total. The van der Waals surface area contributed by atoms with Gasteiger partial charge in [-0.15, -0.1) is 0 Å². The van der Waals surface area contributed by atoms with Gasteiger partial charge in [0.05, 0.1) is 29.3 Å². The maximum Gasteiger partial charge on any atom is 0.230 e. The van der Waals surface area contributed by atoms with Crippen molar-refractivity contribution >= 4 is 35.1 Å². The molecule has 3 aliphatic rings. The average molecular weight is 464 g/mol. The summed E-state index contributed by atoms with van der Waals surface area (Å²) in [5.41, 5.74) is 13.8. The first-order chi connectivity index (χ1) is 15.1. The lowest BCUT2D eigenvalue weighted by Crippen LogP contribution is -2.48. The second-order valence-electron chi connectivity index (χ2n) is 8.59. The molecule has 0 spiro atoms. The van der Waals surface area contributed by atoms with E-state index in [1.807, 2.05) is 12.1 Å².